The fourth-order valence-electron chi connectivity index (χ4n) is 1.04. The summed E-state index contributed by atoms with van der Waals surface area (Å²) in [4.78, 5) is 0. The smallest absolute Gasteiger partial charge is 0.0585 e. The number of thioether (sulfide) groups is 1. The number of nitrogens with two attached hydrogens (primary N) is 1. The van der Waals surface area contributed by atoms with Gasteiger partial charge in [-0.25, -0.2) is 0 Å². The van der Waals surface area contributed by atoms with E-state index in [2.05, 4.69) is 0 Å². The summed E-state index contributed by atoms with van der Waals surface area (Å²) in [6.45, 7) is 0.144. The van der Waals surface area contributed by atoms with E-state index in [1.54, 1.807) is 0 Å². The molecule has 0 saturated carbocycles. The molecule has 0 aliphatic carbocycles. The van der Waals surface area contributed by atoms with Gasteiger partial charge >= 0.3 is 0 Å². The Bertz CT molecular complexity index is 83.1. The van der Waals surface area contributed by atoms with E-state index in [1.807, 2.05) is 11.8 Å². The number of aliphatic hydroxyl groups excluding tert-OH is 1. The van der Waals surface area contributed by atoms with Gasteiger partial charge in [-0.3, -0.25) is 0 Å². The van der Waals surface area contributed by atoms with Crippen LogP contribution in [0.1, 0.15) is 6.42 Å². The van der Waals surface area contributed by atoms with E-state index >= 15 is 0 Å². The van der Waals surface area contributed by atoms with Crippen LogP contribution in [-0.2, 0) is 0 Å². The molecule has 1 aliphatic rings. The second-order valence-electron chi connectivity index (χ2n) is 2.47. The van der Waals surface area contributed by atoms with Gasteiger partial charge in [-0.15, -0.1) is 0 Å². The fraction of sp³-hybridized carbons (Fsp3) is 1.00. The minimum atomic E-state index is 0.0278. The maximum atomic E-state index is 8.66. The summed E-state index contributed by atoms with van der Waals surface area (Å²) >= 11 is 1.93. The highest BCUT2D eigenvalue weighted by atomic mass is 32.2. The topological polar surface area (TPSA) is 46.2 Å². The predicted octanol–water partition coefficient (Wildman–Crippen LogP) is 0.0591. The lowest BCUT2D eigenvalue weighted by atomic mass is 10.0. The average Bonchev–Trinajstić information content (AvgIpc) is 2.37. The van der Waals surface area contributed by atoms with Crippen LogP contribution in [0.3, 0.4) is 0 Å². The molecule has 3 N–H and O–H groups in total. The standard InChI is InChI=1S/C6H13NOS/c7-6(3-8)5-1-2-9-4-5/h5-6,8H,1-4,7H2. The van der Waals surface area contributed by atoms with Gasteiger partial charge in [0.15, 0.2) is 0 Å². The molecule has 3 heteroatoms. The maximum Gasteiger partial charge on any atom is 0.0585 e. The summed E-state index contributed by atoms with van der Waals surface area (Å²) in [5, 5.41) is 8.66. The first kappa shape index (κ1) is 7.38. The van der Waals surface area contributed by atoms with Crippen molar-refractivity contribution in [2.75, 3.05) is 18.1 Å². The third-order valence-electron chi connectivity index (χ3n) is 1.78. The third kappa shape index (κ3) is 1.85. The number of hydrogen-bond donors (Lipinski definition) is 2. The van der Waals surface area contributed by atoms with Crippen LogP contribution >= 0.6 is 11.8 Å². The lowest BCUT2D eigenvalue weighted by Crippen LogP contribution is -2.33. The van der Waals surface area contributed by atoms with E-state index in [0.717, 1.165) is 5.75 Å². The van der Waals surface area contributed by atoms with E-state index in [9.17, 15) is 0 Å². The van der Waals surface area contributed by atoms with Crippen LogP contribution in [0.4, 0.5) is 0 Å². The van der Waals surface area contributed by atoms with Gasteiger partial charge in [0.25, 0.3) is 0 Å². The van der Waals surface area contributed by atoms with Gasteiger partial charge in [-0.1, -0.05) is 0 Å². The fourth-order valence-corrected chi connectivity index (χ4v) is 2.39. The molecule has 0 aromatic heterocycles. The molecule has 1 rings (SSSR count). The van der Waals surface area contributed by atoms with Crippen LogP contribution in [0, 0.1) is 5.92 Å². The molecule has 0 amide bonds. The molecule has 9 heavy (non-hydrogen) atoms. The summed E-state index contributed by atoms with van der Waals surface area (Å²) in [5.74, 6) is 2.93. The summed E-state index contributed by atoms with van der Waals surface area (Å²) in [5.41, 5.74) is 5.61. The first-order chi connectivity index (χ1) is 4.34. The zero-order valence-corrected chi connectivity index (χ0v) is 6.23. The second-order valence-corrected chi connectivity index (χ2v) is 3.62. The predicted molar refractivity (Wildman–Crippen MR) is 40.5 cm³/mol. The molecule has 54 valence electrons. The van der Waals surface area contributed by atoms with Crippen LogP contribution in [-0.4, -0.2) is 29.3 Å². The molecule has 1 saturated heterocycles. The van der Waals surface area contributed by atoms with E-state index in [4.69, 9.17) is 10.8 Å². The molecule has 1 heterocycles. The molecule has 0 aromatic rings. The van der Waals surface area contributed by atoms with E-state index < -0.39 is 0 Å². The van der Waals surface area contributed by atoms with Crippen LogP contribution in [0.25, 0.3) is 0 Å². The molecule has 0 spiro atoms. The molecule has 2 atom stereocenters. The van der Waals surface area contributed by atoms with Crippen LogP contribution < -0.4 is 5.73 Å². The van der Waals surface area contributed by atoms with Gasteiger partial charge < -0.3 is 10.8 Å². The molecular formula is C6H13NOS. The Labute approximate surface area is 59.8 Å². The Kier molecular flexibility index (Phi) is 2.82. The van der Waals surface area contributed by atoms with Crippen molar-refractivity contribution in [3.63, 3.8) is 0 Å². The Morgan fingerprint density at radius 3 is 3.00 bits per heavy atom. The van der Waals surface area contributed by atoms with Crippen molar-refractivity contribution in [2.24, 2.45) is 11.7 Å². The van der Waals surface area contributed by atoms with Crippen LogP contribution in [0.5, 0.6) is 0 Å². The van der Waals surface area contributed by atoms with Crippen molar-refractivity contribution in [2.45, 2.75) is 12.5 Å². The largest absolute Gasteiger partial charge is 0.395 e. The van der Waals surface area contributed by atoms with Gasteiger partial charge in [0, 0.05) is 6.04 Å². The van der Waals surface area contributed by atoms with Crippen molar-refractivity contribution in [1.29, 1.82) is 0 Å². The zero-order chi connectivity index (χ0) is 6.69. The van der Waals surface area contributed by atoms with Gasteiger partial charge in [-0.2, -0.15) is 11.8 Å². The first-order valence-electron chi connectivity index (χ1n) is 3.28. The Morgan fingerprint density at radius 2 is 2.56 bits per heavy atom. The van der Waals surface area contributed by atoms with Crippen LogP contribution in [0.2, 0.25) is 0 Å². The van der Waals surface area contributed by atoms with Crippen molar-refractivity contribution in [3.05, 3.63) is 0 Å². The monoisotopic (exact) mass is 147 g/mol. The quantitative estimate of drug-likeness (QED) is 0.580. The van der Waals surface area contributed by atoms with Gasteiger partial charge in [0.2, 0.25) is 0 Å². The molecule has 1 aliphatic heterocycles. The number of aliphatic hydroxyl groups is 1. The summed E-state index contributed by atoms with van der Waals surface area (Å²) in [6, 6.07) is 0.0278. The zero-order valence-electron chi connectivity index (χ0n) is 5.42. The lowest BCUT2D eigenvalue weighted by Gasteiger charge is -2.13. The van der Waals surface area contributed by atoms with Crippen molar-refractivity contribution in [1.82, 2.24) is 0 Å². The van der Waals surface area contributed by atoms with Gasteiger partial charge in [0.05, 0.1) is 6.61 Å². The summed E-state index contributed by atoms with van der Waals surface area (Å²) in [6.07, 6.45) is 1.19. The Hall–Kier alpha value is 0.270. The molecule has 0 radical (unpaired) electrons. The molecule has 2 nitrogen and oxygen atoms in total. The van der Waals surface area contributed by atoms with Gasteiger partial charge in [-0.05, 0) is 23.8 Å². The highest BCUT2D eigenvalue weighted by molar-refractivity contribution is 7.99. The van der Waals surface area contributed by atoms with Crippen molar-refractivity contribution < 1.29 is 5.11 Å². The van der Waals surface area contributed by atoms with E-state index in [1.165, 1.54) is 12.2 Å². The van der Waals surface area contributed by atoms with Gasteiger partial charge in [0.1, 0.15) is 0 Å². The molecule has 1 fully saturated rings. The minimum absolute atomic E-state index is 0.0278. The molecular weight excluding hydrogens is 134 g/mol. The lowest BCUT2D eigenvalue weighted by molar-refractivity contribution is 0.234. The number of hydrogen-bond acceptors (Lipinski definition) is 3. The van der Waals surface area contributed by atoms with Crippen LogP contribution in [0.15, 0.2) is 0 Å². The van der Waals surface area contributed by atoms with E-state index in [0.29, 0.717) is 5.92 Å². The SMILES string of the molecule is NC(CO)C1CCSC1. The Balaban J connectivity index is 2.24. The third-order valence-corrected chi connectivity index (χ3v) is 2.97. The maximum absolute atomic E-state index is 8.66. The first-order valence-corrected chi connectivity index (χ1v) is 4.44. The highest BCUT2D eigenvalue weighted by Crippen LogP contribution is 2.24. The second kappa shape index (κ2) is 3.44. The van der Waals surface area contributed by atoms with E-state index in [-0.39, 0.29) is 12.6 Å². The summed E-state index contributed by atoms with van der Waals surface area (Å²) in [7, 11) is 0. The molecule has 0 aromatic carbocycles. The van der Waals surface area contributed by atoms with Crippen molar-refractivity contribution in [3.8, 4) is 0 Å². The van der Waals surface area contributed by atoms with Crippen molar-refractivity contribution >= 4 is 11.8 Å². The number of rotatable bonds is 2. The Morgan fingerprint density at radius 1 is 1.78 bits per heavy atom. The normalized spacial score (nSPS) is 30.7. The molecule has 2 unspecified atom stereocenters. The minimum Gasteiger partial charge on any atom is -0.395 e. The molecule has 0 bridgehead atoms. The average molecular weight is 147 g/mol. The highest BCUT2D eigenvalue weighted by Gasteiger charge is 2.21. The summed E-state index contributed by atoms with van der Waals surface area (Å²) < 4.78 is 0.